The van der Waals surface area contributed by atoms with Gasteiger partial charge < -0.3 is 11.1 Å². The molecule has 0 aromatic heterocycles. The van der Waals surface area contributed by atoms with Crippen molar-refractivity contribution in [1.29, 1.82) is 0 Å². The SMILES string of the molecule is CNC[C@@H](N)CC1CCCCC1. The van der Waals surface area contributed by atoms with Gasteiger partial charge in [-0.15, -0.1) is 0 Å². The summed E-state index contributed by atoms with van der Waals surface area (Å²) in [5.41, 5.74) is 5.95. The van der Waals surface area contributed by atoms with Crippen LogP contribution in [0.3, 0.4) is 0 Å². The van der Waals surface area contributed by atoms with Crippen LogP contribution < -0.4 is 11.1 Å². The van der Waals surface area contributed by atoms with Crippen molar-refractivity contribution >= 4 is 0 Å². The Morgan fingerprint density at radius 2 is 2.00 bits per heavy atom. The molecule has 0 aromatic rings. The van der Waals surface area contributed by atoms with Gasteiger partial charge in [-0.05, 0) is 19.4 Å². The first-order chi connectivity index (χ1) is 5.83. The van der Waals surface area contributed by atoms with E-state index in [2.05, 4.69) is 5.32 Å². The van der Waals surface area contributed by atoms with Gasteiger partial charge in [0.05, 0.1) is 0 Å². The fourth-order valence-electron chi connectivity index (χ4n) is 2.20. The number of likely N-dealkylation sites (N-methyl/N-ethyl adjacent to an activating group) is 1. The number of nitrogens with one attached hydrogen (secondary N) is 1. The van der Waals surface area contributed by atoms with Crippen molar-refractivity contribution in [3.63, 3.8) is 0 Å². The van der Waals surface area contributed by atoms with E-state index in [1.165, 1.54) is 38.5 Å². The first-order valence-electron chi connectivity index (χ1n) is 5.23. The highest BCUT2D eigenvalue weighted by atomic mass is 14.9. The maximum Gasteiger partial charge on any atom is 0.0167 e. The van der Waals surface area contributed by atoms with E-state index >= 15 is 0 Å². The van der Waals surface area contributed by atoms with Gasteiger partial charge in [0, 0.05) is 12.6 Å². The molecule has 1 rings (SSSR count). The molecule has 0 aromatic carbocycles. The van der Waals surface area contributed by atoms with Gasteiger partial charge in [-0.25, -0.2) is 0 Å². The molecule has 1 aliphatic carbocycles. The molecule has 0 saturated heterocycles. The van der Waals surface area contributed by atoms with Crippen molar-refractivity contribution in [2.24, 2.45) is 11.7 Å². The summed E-state index contributed by atoms with van der Waals surface area (Å²) >= 11 is 0. The van der Waals surface area contributed by atoms with Crippen LogP contribution in [-0.4, -0.2) is 19.6 Å². The second-order valence-electron chi connectivity index (χ2n) is 4.06. The van der Waals surface area contributed by atoms with Crippen molar-refractivity contribution in [2.45, 2.75) is 44.6 Å². The van der Waals surface area contributed by atoms with Crippen molar-refractivity contribution < 1.29 is 0 Å². The fraction of sp³-hybridized carbons (Fsp3) is 1.00. The lowest BCUT2D eigenvalue weighted by atomic mass is 9.85. The van der Waals surface area contributed by atoms with E-state index in [-0.39, 0.29) is 0 Å². The van der Waals surface area contributed by atoms with Crippen LogP contribution in [0, 0.1) is 5.92 Å². The fourth-order valence-corrected chi connectivity index (χ4v) is 2.20. The quantitative estimate of drug-likeness (QED) is 0.671. The normalized spacial score (nSPS) is 22.5. The van der Waals surface area contributed by atoms with Crippen LogP contribution >= 0.6 is 0 Å². The van der Waals surface area contributed by atoms with Gasteiger partial charge in [-0.2, -0.15) is 0 Å². The van der Waals surface area contributed by atoms with Crippen molar-refractivity contribution in [3.8, 4) is 0 Å². The number of hydrogen-bond donors (Lipinski definition) is 2. The summed E-state index contributed by atoms with van der Waals surface area (Å²) in [4.78, 5) is 0. The Bertz CT molecular complexity index is 108. The van der Waals surface area contributed by atoms with E-state index in [0.717, 1.165) is 12.5 Å². The predicted octanol–water partition coefficient (Wildman–Crippen LogP) is 1.50. The van der Waals surface area contributed by atoms with E-state index < -0.39 is 0 Å². The van der Waals surface area contributed by atoms with Crippen LogP contribution in [0.15, 0.2) is 0 Å². The third-order valence-electron chi connectivity index (χ3n) is 2.83. The van der Waals surface area contributed by atoms with E-state index in [1.54, 1.807) is 0 Å². The smallest absolute Gasteiger partial charge is 0.0167 e. The van der Waals surface area contributed by atoms with Crippen LogP contribution in [0.1, 0.15) is 38.5 Å². The van der Waals surface area contributed by atoms with E-state index in [9.17, 15) is 0 Å². The highest BCUT2D eigenvalue weighted by molar-refractivity contribution is 4.72. The molecule has 0 bridgehead atoms. The molecular formula is C10H22N2. The zero-order valence-corrected chi connectivity index (χ0v) is 8.18. The molecule has 0 aliphatic heterocycles. The topological polar surface area (TPSA) is 38.0 Å². The van der Waals surface area contributed by atoms with Gasteiger partial charge in [-0.1, -0.05) is 32.1 Å². The van der Waals surface area contributed by atoms with Crippen LogP contribution in [0.25, 0.3) is 0 Å². The van der Waals surface area contributed by atoms with Gasteiger partial charge in [0.25, 0.3) is 0 Å². The minimum absolute atomic E-state index is 0.373. The molecule has 0 amide bonds. The zero-order valence-electron chi connectivity index (χ0n) is 8.18. The van der Waals surface area contributed by atoms with E-state index in [1.807, 2.05) is 7.05 Å². The molecule has 3 N–H and O–H groups in total. The maximum absolute atomic E-state index is 5.95. The zero-order chi connectivity index (χ0) is 8.81. The summed E-state index contributed by atoms with van der Waals surface area (Å²) in [6.07, 6.45) is 8.35. The summed E-state index contributed by atoms with van der Waals surface area (Å²) in [6.45, 7) is 0.969. The Morgan fingerprint density at radius 3 is 2.58 bits per heavy atom. The molecule has 72 valence electrons. The van der Waals surface area contributed by atoms with Crippen molar-refractivity contribution in [2.75, 3.05) is 13.6 Å². The average Bonchev–Trinajstić information content (AvgIpc) is 2.06. The van der Waals surface area contributed by atoms with Crippen molar-refractivity contribution in [1.82, 2.24) is 5.32 Å². The molecule has 1 aliphatic rings. The lowest BCUT2D eigenvalue weighted by molar-refractivity contribution is 0.315. The van der Waals surface area contributed by atoms with Gasteiger partial charge >= 0.3 is 0 Å². The van der Waals surface area contributed by atoms with Crippen molar-refractivity contribution in [3.05, 3.63) is 0 Å². The Morgan fingerprint density at radius 1 is 1.33 bits per heavy atom. The highest BCUT2D eigenvalue weighted by Gasteiger charge is 2.15. The second-order valence-corrected chi connectivity index (χ2v) is 4.06. The average molecular weight is 170 g/mol. The van der Waals surface area contributed by atoms with Crippen LogP contribution in [0.4, 0.5) is 0 Å². The molecule has 1 atom stereocenters. The number of rotatable bonds is 4. The third-order valence-corrected chi connectivity index (χ3v) is 2.83. The second kappa shape index (κ2) is 5.55. The van der Waals surface area contributed by atoms with Gasteiger partial charge in [0.2, 0.25) is 0 Å². The number of hydrogen-bond acceptors (Lipinski definition) is 2. The summed E-state index contributed by atoms with van der Waals surface area (Å²) in [5, 5.41) is 3.13. The summed E-state index contributed by atoms with van der Waals surface area (Å²) in [6, 6.07) is 0.373. The summed E-state index contributed by atoms with van der Waals surface area (Å²) in [5.74, 6) is 0.919. The standard InChI is InChI=1S/C10H22N2/c1-12-8-10(11)7-9-5-3-2-4-6-9/h9-10,12H,2-8,11H2,1H3/t10-/m0/s1. The maximum atomic E-state index is 5.95. The molecule has 0 radical (unpaired) electrons. The Hall–Kier alpha value is -0.0800. The van der Waals surface area contributed by atoms with Gasteiger partial charge in [0.1, 0.15) is 0 Å². The lowest BCUT2D eigenvalue weighted by Crippen LogP contribution is -2.34. The molecule has 2 heteroatoms. The molecular weight excluding hydrogens is 148 g/mol. The molecule has 1 fully saturated rings. The van der Waals surface area contributed by atoms with E-state index in [4.69, 9.17) is 5.73 Å². The molecule has 0 heterocycles. The minimum atomic E-state index is 0.373. The highest BCUT2D eigenvalue weighted by Crippen LogP contribution is 2.26. The van der Waals surface area contributed by atoms with Gasteiger partial charge in [-0.3, -0.25) is 0 Å². The summed E-state index contributed by atoms with van der Waals surface area (Å²) in [7, 11) is 1.97. The lowest BCUT2D eigenvalue weighted by Gasteiger charge is -2.24. The van der Waals surface area contributed by atoms with E-state index in [0.29, 0.717) is 6.04 Å². The van der Waals surface area contributed by atoms with Crippen LogP contribution in [0.5, 0.6) is 0 Å². The largest absolute Gasteiger partial charge is 0.327 e. The Labute approximate surface area is 75.9 Å². The minimum Gasteiger partial charge on any atom is -0.327 e. The number of nitrogens with two attached hydrogens (primary N) is 1. The first-order valence-corrected chi connectivity index (χ1v) is 5.23. The molecule has 12 heavy (non-hydrogen) atoms. The molecule has 0 unspecified atom stereocenters. The Balaban J connectivity index is 2.11. The Kier molecular flexibility index (Phi) is 4.62. The monoisotopic (exact) mass is 170 g/mol. The predicted molar refractivity (Wildman–Crippen MR) is 53.1 cm³/mol. The molecule has 2 nitrogen and oxygen atoms in total. The molecule has 0 spiro atoms. The first kappa shape index (κ1) is 10.0. The molecule has 1 saturated carbocycles. The van der Waals surface area contributed by atoms with Crippen LogP contribution in [-0.2, 0) is 0 Å². The van der Waals surface area contributed by atoms with Crippen LogP contribution in [0.2, 0.25) is 0 Å². The third kappa shape index (κ3) is 3.55. The van der Waals surface area contributed by atoms with Gasteiger partial charge in [0.15, 0.2) is 0 Å². The summed E-state index contributed by atoms with van der Waals surface area (Å²) < 4.78 is 0.